The van der Waals surface area contributed by atoms with Crippen LogP contribution in [0, 0.1) is 10.1 Å². The van der Waals surface area contributed by atoms with Crippen molar-refractivity contribution in [3.8, 4) is 0 Å². The van der Waals surface area contributed by atoms with Crippen molar-refractivity contribution in [3.05, 3.63) is 69.6 Å². The van der Waals surface area contributed by atoms with Crippen LogP contribution in [0.3, 0.4) is 0 Å². The van der Waals surface area contributed by atoms with Crippen molar-refractivity contribution in [1.82, 2.24) is 9.38 Å². The van der Waals surface area contributed by atoms with Crippen LogP contribution in [0.5, 0.6) is 0 Å². The highest BCUT2D eigenvalue weighted by molar-refractivity contribution is 8.00. The molecule has 3 rings (SSSR count). The summed E-state index contributed by atoms with van der Waals surface area (Å²) in [4.78, 5) is 27.0. The summed E-state index contributed by atoms with van der Waals surface area (Å²) in [6, 6.07) is 9.51. The van der Waals surface area contributed by atoms with Gasteiger partial charge in [-0.25, -0.2) is 4.98 Å². The zero-order valence-corrected chi connectivity index (χ0v) is 14.4. The summed E-state index contributed by atoms with van der Waals surface area (Å²) in [5, 5.41) is 11.2. The molecule has 2 heterocycles. The van der Waals surface area contributed by atoms with E-state index in [-0.39, 0.29) is 18.0 Å². The smallest absolute Gasteiger partial charge is 0.316 e. The number of hydrogen-bond acceptors (Lipinski definition) is 6. The third kappa shape index (κ3) is 4.49. The van der Waals surface area contributed by atoms with Crippen molar-refractivity contribution in [1.29, 1.82) is 0 Å². The molecule has 7 nitrogen and oxygen atoms in total. The van der Waals surface area contributed by atoms with E-state index in [9.17, 15) is 14.9 Å². The van der Waals surface area contributed by atoms with Gasteiger partial charge in [0.2, 0.25) is 0 Å². The summed E-state index contributed by atoms with van der Waals surface area (Å²) in [6.07, 6.45) is 3.47. The molecule has 2 aromatic heterocycles. The van der Waals surface area contributed by atoms with Crippen LogP contribution >= 0.6 is 23.4 Å². The fraction of sp³-hybridized carbons (Fsp3) is 0.125. The van der Waals surface area contributed by atoms with Crippen LogP contribution in [0.1, 0.15) is 5.69 Å². The third-order valence-electron chi connectivity index (χ3n) is 3.25. The van der Waals surface area contributed by atoms with Crippen LogP contribution in [0.25, 0.3) is 5.65 Å². The maximum Gasteiger partial charge on any atom is 0.316 e. The van der Waals surface area contributed by atoms with Crippen LogP contribution in [0.2, 0.25) is 5.02 Å². The predicted octanol–water partition coefficient (Wildman–Crippen LogP) is 3.73. The Morgan fingerprint density at radius 1 is 1.24 bits per heavy atom. The van der Waals surface area contributed by atoms with Gasteiger partial charge in [-0.2, -0.15) is 0 Å². The van der Waals surface area contributed by atoms with Crippen LogP contribution < -0.4 is 0 Å². The lowest BCUT2D eigenvalue weighted by Crippen LogP contribution is -2.07. The summed E-state index contributed by atoms with van der Waals surface area (Å²) in [5.41, 5.74) is 1.35. The number of carbonyl (C=O) groups is 1. The molecule has 0 N–H and O–H groups in total. The second-order valence-corrected chi connectivity index (χ2v) is 6.53. The normalized spacial score (nSPS) is 10.8. The Kier molecular flexibility index (Phi) is 5.20. The molecule has 0 radical (unpaired) electrons. The number of rotatable bonds is 6. The lowest BCUT2D eigenvalue weighted by Gasteiger charge is -2.03. The Morgan fingerprint density at radius 3 is 2.72 bits per heavy atom. The second-order valence-electron chi connectivity index (χ2n) is 5.05. The number of hydrogen-bond donors (Lipinski definition) is 0. The maximum atomic E-state index is 11.8. The van der Waals surface area contributed by atoms with E-state index < -0.39 is 10.9 Å². The van der Waals surface area contributed by atoms with Crippen LogP contribution in [0.4, 0.5) is 5.69 Å². The number of benzene rings is 1. The van der Waals surface area contributed by atoms with E-state index in [1.807, 2.05) is 0 Å². The highest BCUT2D eigenvalue weighted by Crippen LogP contribution is 2.21. The molecule has 0 saturated carbocycles. The number of nitro groups is 1. The zero-order chi connectivity index (χ0) is 17.8. The van der Waals surface area contributed by atoms with Gasteiger partial charge in [0.25, 0.3) is 5.69 Å². The molecule has 0 fully saturated rings. The van der Waals surface area contributed by atoms with Gasteiger partial charge in [0, 0.05) is 29.4 Å². The number of carbonyl (C=O) groups excluding carboxylic acids is 1. The maximum absolute atomic E-state index is 11.8. The largest absolute Gasteiger partial charge is 0.458 e. The second kappa shape index (κ2) is 7.54. The highest BCUT2D eigenvalue weighted by atomic mass is 35.5. The average molecular weight is 378 g/mol. The summed E-state index contributed by atoms with van der Waals surface area (Å²) < 4.78 is 6.96. The number of fused-ring (bicyclic) bond motifs is 1. The van der Waals surface area contributed by atoms with Gasteiger partial charge < -0.3 is 9.14 Å². The van der Waals surface area contributed by atoms with Gasteiger partial charge in [-0.05, 0) is 24.3 Å². The molecule has 3 aromatic rings. The molecule has 0 atom stereocenters. The van der Waals surface area contributed by atoms with Gasteiger partial charge in [-0.15, -0.1) is 11.8 Å². The molecule has 25 heavy (non-hydrogen) atoms. The molecular formula is C16H12ClN3O4S. The van der Waals surface area contributed by atoms with Crippen LogP contribution in [-0.2, 0) is 16.1 Å². The topological polar surface area (TPSA) is 86.7 Å². The first kappa shape index (κ1) is 17.2. The standard InChI is InChI=1S/C16H12ClN3O4S/c17-11-1-6-15-18-12(8-19(15)7-11)9-24-16(21)10-25-14-4-2-13(3-5-14)20(22)23/h1-8H,9-10H2. The van der Waals surface area contributed by atoms with Crippen molar-refractivity contribution in [2.45, 2.75) is 11.5 Å². The summed E-state index contributed by atoms with van der Waals surface area (Å²) >= 11 is 7.16. The number of nitrogens with zero attached hydrogens (tertiary/aromatic N) is 3. The predicted molar refractivity (Wildman–Crippen MR) is 93.8 cm³/mol. The minimum Gasteiger partial charge on any atom is -0.458 e. The Balaban J connectivity index is 1.51. The number of halogens is 1. The molecule has 0 bridgehead atoms. The fourth-order valence-electron chi connectivity index (χ4n) is 2.09. The Hall–Kier alpha value is -2.58. The summed E-state index contributed by atoms with van der Waals surface area (Å²) in [6.45, 7) is 0.0684. The van der Waals surface area contributed by atoms with Crippen molar-refractivity contribution in [2.24, 2.45) is 0 Å². The Labute approximate surface area is 151 Å². The van der Waals surface area contributed by atoms with Gasteiger partial charge in [0.05, 0.1) is 21.4 Å². The molecule has 9 heteroatoms. The minimum absolute atomic E-state index is 0.0129. The van der Waals surface area contributed by atoms with Gasteiger partial charge in [-0.3, -0.25) is 14.9 Å². The van der Waals surface area contributed by atoms with E-state index in [1.165, 1.54) is 23.9 Å². The molecule has 0 aliphatic carbocycles. The number of imidazole rings is 1. The van der Waals surface area contributed by atoms with Crippen LogP contribution in [0.15, 0.2) is 53.7 Å². The number of pyridine rings is 1. The van der Waals surface area contributed by atoms with Gasteiger partial charge in [-0.1, -0.05) is 11.6 Å². The third-order valence-corrected chi connectivity index (χ3v) is 4.46. The Bertz CT molecular complexity index is 927. The van der Waals surface area contributed by atoms with Crippen molar-refractivity contribution in [3.63, 3.8) is 0 Å². The molecule has 128 valence electrons. The first-order valence-electron chi connectivity index (χ1n) is 7.17. The Morgan fingerprint density at radius 2 is 2.00 bits per heavy atom. The van der Waals surface area contributed by atoms with Gasteiger partial charge in [0.1, 0.15) is 12.3 Å². The number of thioether (sulfide) groups is 1. The van der Waals surface area contributed by atoms with Crippen molar-refractivity contribution < 1.29 is 14.5 Å². The first-order chi connectivity index (χ1) is 12.0. The monoisotopic (exact) mass is 377 g/mol. The minimum atomic E-state index is -0.468. The summed E-state index contributed by atoms with van der Waals surface area (Å²) in [7, 11) is 0. The lowest BCUT2D eigenvalue weighted by atomic mass is 10.3. The molecule has 0 aliphatic rings. The van der Waals surface area contributed by atoms with Crippen LogP contribution in [-0.4, -0.2) is 26.0 Å². The molecule has 0 spiro atoms. The molecule has 0 amide bonds. The first-order valence-corrected chi connectivity index (χ1v) is 8.53. The van der Waals surface area contributed by atoms with E-state index in [2.05, 4.69) is 4.98 Å². The molecule has 1 aromatic carbocycles. The van der Waals surface area contributed by atoms with Crippen molar-refractivity contribution >= 4 is 40.7 Å². The molecule has 0 saturated heterocycles. The number of nitro benzene ring substituents is 1. The average Bonchev–Trinajstić information content (AvgIpc) is 3.00. The molecular weight excluding hydrogens is 366 g/mol. The number of aromatic nitrogens is 2. The number of esters is 1. The van der Waals surface area contributed by atoms with E-state index in [0.717, 1.165) is 10.5 Å². The highest BCUT2D eigenvalue weighted by Gasteiger charge is 2.09. The van der Waals surface area contributed by atoms with E-state index >= 15 is 0 Å². The SMILES string of the molecule is O=C(CSc1ccc([N+](=O)[O-])cc1)OCc1cn2cc(Cl)ccc2n1. The fourth-order valence-corrected chi connectivity index (χ4v) is 2.95. The van der Waals surface area contributed by atoms with Gasteiger partial charge in [0.15, 0.2) is 0 Å². The zero-order valence-electron chi connectivity index (χ0n) is 12.8. The molecule has 0 aliphatic heterocycles. The van der Waals surface area contributed by atoms with E-state index in [1.54, 1.807) is 41.1 Å². The quantitative estimate of drug-likeness (QED) is 0.281. The van der Waals surface area contributed by atoms with E-state index in [0.29, 0.717) is 10.7 Å². The summed E-state index contributed by atoms with van der Waals surface area (Å²) in [5.74, 6) is -0.282. The van der Waals surface area contributed by atoms with Gasteiger partial charge >= 0.3 is 5.97 Å². The lowest BCUT2D eigenvalue weighted by molar-refractivity contribution is -0.384. The molecule has 0 unspecified atom stereocenters. The van der Waals surface area contributed by atoms with E-state index in [4.69, 9.17) is 16.3 Å². The number of non-ortho nitro benzene ring substituents is 1. The number of ether oxygens (including phenoxy) is 1. The van der Waals surface area contributed by atoms with Crippen molar-refractivity contribution in [2.75, 3.05) is 5.75 Å².